The standard InChI is InChI=1S/C33H60F2N6O8S2/c1-30(2,3)21(18-40(12)50(13,46)47)38-29(45)39-25(31(4,5)6)28(44)41-17-19-23(33(19,10)11)24(41)27(43)37-20(16-22(34)35)26(42)36-14-15-51(48,49)32(7,8)9/h19-25H,14-18H2,1-13H3,(H,36,42)(H,37,43)(H2,38,39,45)/t19-,20-,21+,23-,24-,25+/m0/s1. The van der Waals surface area contributed by atoms with Crippen LogP contribution in [0.4, 0.5) is 13.6 Å². The van der Waals surface area contributed by atoms with Crippen molar-refractivity contribution in [1.82, 2.24) is 30.5 Å². The number of hydrogen-bond donors (Lipinski definition) is 4. The van der Waals surface area contributed by atoms with Crippen LogP contribution in [0.1, 0.15) is 82.6 Å². The van der Waals surface area contributed by atoms with Crippen molar-refractivity contribution in [2.75, 3.05) is 38.7 Å². The van der Waals surface area contributed by atoms with Crippen LogP contribution in [0.2, 0.25) is 0 Å². The minimum Gasteiger partial charge on any atom is -0.353 e. The molecule has 1 aliphatic heterocycles. The molecule has 2 aliphatic rings. The number of hydrogen-bond acceptors (Lipinski definition) is 8. The first-order chi connectivity index (χ1) is 22.7. The van der Waals surface area contributed by atoms with Crippen LogP contribution in [0.15, 0.2) is 0 Å². The zero-order chi connectivity index (χ0) is 39.9. The van der Waals surface area contributed by atoms with E-state index in [0.29, 0.717) is 0 Å². The highest BCUT2D eigenvalue weighted by atomic mass is 32.2. The van der Waals surface area contributed by atoms with Gasteiger partial charge in [0.05, 0.1) is 16.8 Å². The Hall–Kier alpha value is -2.60. The van der Waals surface area contributed by atoms with Crippen LogP contribution >= 0.6 is 0 Å². The topological polar surface area (TPSA) is 191 Å². The molecule has 5 amide bonds. The van der Waals surface area contributed by atoms with Crippen LogP contribution in [0.5, 0.6) is 0 Å². The van der Waals surface area contributed by atoms with Crippen LogP contribution in [0.3, 0.4) is 0 Å². The van der Waals surface area contributed by atoms with E-state index < -0.39 is 102 Å². The summed E-state index contributed by atoms with van der Waals surface area (Å²) < 4.78 is 76.4. The Bertz CT molecular complexity index is 1530. The molecule has 51 heavy (non-hydrogen) atoms. The van der Waals surface area contributed by atoms with Crippen molar-refractivity contribution in [3.63, 3.8) is 0 Å². The number of fused-ring (bicyclic) bond motifs is 1. The highest BCUT2D eigenvalue weighted by molar-refractivity contribution is 7.92. The molecule has 296 valence electrons. The predicted octanol–water partition coefficient (Wildman–Crippen LogP) is 1.96. The SMILES string of the molecule is CN(C[C@@H](NC(=O)N[C@H](C(=O)N1C[C@H]2[C@@H]([C@H]1C(=O)N[C@@H](CC(F)F)C(=O)NCCS(=O)(=O)C(C)(C)C)C2(C)C)C(C)(C)C)C(C)(C)C)S(C)(=O)=O. The highest BCUT2D eigenvalue weighted by Gasteiger charge is 2.70. The van der Waals surface area contributed by atoms with E-state index in [9.17, 15) is 44.8 Å². The van der Waals surface area contributed by atoms with E-state index in [-0.39, 0.29) is 36.9 Å². The van der Waals surface area contributed by atoms with E-state index in [0.717, 1.165) is 10.6 Å². The summed E-state index contributed by atoms with van der Waals surface area (Å²) >= 11 is 0. The molecule has 18 heteroatoms. The molecule has 4 N–H and O–H groups in total. The van der Waals surface area contributed by atoms with E-state index in [4.69, 9.17) is 0 Å². The second-order valence-electron chi connectivity index (χ2n) is 17.7. The third-order valence-corrected chi connectivity index (χ3v) is 14.0. The number of alkyl halides is 2. The Morgan fingerprint density at radius 3 is 1.90 bits per heavy atom. The number of carbonyl (C=O) groups excluding carboxylic acids is 4. The normalized spacial score (nSPS) is 22.5. The molecule has 1 aliphatic carbocycles. The molecule has 14 nitrogen and oxygen atoms in total. The number of rotatable bonds is 14. The van der Waals surface area contributed by atoms with Crippen molar-refractivity contribution in [2.45, 2.75) is 118 Å². The number of likely N-dealkylation sites (N-methyl/N-ethyl adjacent to an activating group) is 1. The van der Waals surface area contributed by atoms with Gasteiger partial charge >= 0.3 is 6.03 Å². The summed E-state index contributed by atoms with van der Waals surface area (Å²) in [7, 11) is -5.78. The summed E-state index contributed by atoms with van der Waals surface area (Å²) in [4.78, 5) is 56.0. The Labute approximate surface area is 302 Å². The molecule has 0 bridgehead atoms. The van der Waals surface area contributed by atoms with Gasteiger partial charge in [-0.1, -0.05) is 55.4 Å². The second-order valence-corrected chi connectivity index (χ2v) is 22.6. The summed E-state index contributed by atoms with van der Waals surface area (Å²) in [6, 6.07) is -5.37. The zero-order valence-corrected chi connectivity index (χ0v) is 33.9. The Balaban J connectivity index is 2.32. The van der Waals surface area contributed by atoms with Crippen LogP contribution in [0.25, 0.3) is 0 Å². The third-order valence-electron chi connectivity index (χ3n) is 10.2. The summed E-state index contributed by atoms with van der Waals surface area (Å²) in [5.74, 6) is -3.24. The minimum atomic E-state index is -3.62. The van der Waals surface area contributed by atoms with E-state index in [1.165, 1.54) is 32.7 Å². The van der Waals surface area contributed by atoms with Gasteiger partial charge in [-0.15, -0.1) is 0 Å². The van der Waals surface area contributed by atoms with Gasteiger partial charge in [-0.3, -0.25) is 14.4 Å². The fourth-order valence-electron chi connectivity index (χ4n) is 6.29. The Morgan fingerprint density at radius 2 is 1.45 bits per heavy atom. The summed E-state index contributed by atoms with van der Waals surface area (Å²) in [6.07, 6.45) is -2.95. The van der Waals surface area contributed by atoms with E-state index >= 15 is 0 Å². The van der Waals surface area contributed by atoms with Crippen molar-refractivity contribution in [2.24, 2.45) is 28.1 Å². The van der Waals surface area contributed by atoms with Crippen molar-refractivity contribution in [3.8, 4) is 0 Å². The number of piperidine rings is 1. The molecule has 2 fully saturated rings. The molecular formula is C33H60F2N6O8S2. The molecule has 0 aromatic heterocycles. The van der Waals surface area contributed by atoms with Gasteiger partial charge in [0.15, 0.2) is 9.84 Å². The lowest BCUT2D eigenvalue weighted by atomic mass is 9.85. The fraction of sp³-hybridized carbons (Fsp3) is 0.879. The first kappa shape index (κ1) is 44.6. The van der Waals surface area contributed by atoms with E-state index in [1.807, 2.05) is 34.6 Å². The molecule has 0 aromatic rings. The molecule has 0 unspecified atom stereocenters. The van der Waals surface area contributed by atoms with Crippen molar-refractivity contribution < 1.29 is 44.8 Å². The van der Waals surface area contributed by atoms with Gasteiger partial charge in [-0.2, -0.15) is 0 Å². The van der Waals surface area contributed by atoms with Gasteiger partial charge in [0, 0.05) is 39.1 Å². The van der Waals surface area contributed by atoms with Crippen molar-refractivity contribution >= 4 is 43.6 Å². The van der Waals surface area contributed by atoms with Gasteiger partial charge in [0.25, 0.3) is 0 Å². The summed E-state index contributed by atoms with van der Waals surface area (Å²) in [5, 5.41) is 10.3. The fourth-order valence-corrected chi connectivity index (χ4v) is 7.70. The monoisotopic (exact) mass is 770 g/mol. The molecule has 6 atom stereocenters. The molecule has 0 radical (unpaired) electrons. The first-order valence-electron chi connectivity index (χ1n) is 17.1. The van der Waals surface area contributed by atoms with E-state index in [1.54, 1.807) is 20.8 Å². The van der Waals surface area contributed by atoms with Crippen molar-refractivity contribution in [1.29, 1.82) is 0 Å². The lowest BCUT2D eigenvalue weighted by Crippen LogP contribution is -2.62. The number of amides is 5. The van der Waals surface area contributed by atoms with Crippen LogP contribution in [-0.2, 0) is 34.2 Å². The number of halogens is 2. The first-order valence-corrected chi connectivity index (χ1v) is 20.6. The number of sulfonamides is 1. The van der Waals surface area contributed by atoms with Gasteiger partial charge in [0.1, 0.15) is 18.1 Å². The zero-order valence-electron chi connectivity index (χ0n) is 32.3. The number of nitrogens with one attached hydrogen (secondary N) is 4. The quantitative estimate of drug-likeness (QED) is 0.206. The molecule has 0 spiro atoms. The predicted molar refractivity (Wildman–Crippen MR) is 191 cm³/mol. The maximum absolute atomic E-state index is 14.3. The molecular weight excluding hydrogens is 711 g/mol. The average molecular weight is 771 g/mol. The number of nitrogens with zero attached hydrogens (tertiary/aromatic N) is 2. The summed E-state index contributed by atoms with van der Waals surface area (Å²) in [6.45, 7) is 18.8. The van der Waals surface area contributed by atoms with E-state index in [2.05, 4.69) is 21.3 Å². The number of carbonyl (C=O) groups is 4. The van der Waals surface area contributed by atoms with Gasteiger partial charge in [0.2, 0.25) is 34.2 Å². The maximum atomic E-state index is 14.3. The molecule has 1 saturated heterocycles. The molecule has 1 saturated carbocycles. The van der Waals surface area contributed by atoms with Crippen LogP contribution in [-0.4, -0.2) is 124 Å². The molecule has 0 aromatic carbocycles. The largest absolute Gasteiger partial charge is 0.353 e. The molecule has 2 rings (SSSR count). The number of urea groups is 1. The van der Waals surface area contributed by atoms with Crippen LogP contribution in [0, 0.1) is 28.1 Å². The number of likely N-dealkylation sites (tertiary alicyclic amines) is 1. The second kappa shape index (κ2) is 15.4. The van der Waals surface area contributed by atoms with Gasteiger partial charge in [-0.25, -0.2) is 34.7 Å². The molecule has 1 heterocycles. The Kier molecular flexibility index (Phi) is 13.5. The average Bonchev–Trinajstić information content (AvgIpc) is 3.23. The van der Waals surface area contributed by atoms with Crippen LogP contribution < -0.4 is 21.3 Å². The third kappa shape index (κ3) is 11.2. The van der Waals surface area contributed by atoms with Crippen molar-refractivity contribution in [3.05, 3.63) is 0 Å². The highest BCUT2D eigenvalue weighted by Crippen LogP contribution is 2.65. The number of sulfone groups is 1. The minimum absolute atomic E-state index is 0.0313. The lowest BCUT2D eigenvalue weighted by Gasteiger charge is -2.39. The van der Waals surface area contributed by atoms with Gasteiger partial charge in [-0.05, 0) is 48.9 Å². The Morgan fingerprint density at radius 1 is 0.902 bits per heavy atom. The van der Waals surface area contributed by atoms with Gasteiger partial charge < -0.3 is 26.2 Å². The lowest BCUT2D eigenvalue weighted by molar-refractivity contribution is -0.144. The maximum Gasteiger partial charge on any atom is 0.315 e. The smallest absolute Gasteiger partial charge is 0.315 e. The summed E-state index contributed by atoms with van der Waals surface area (Å²) in [5.41, 5.74) is -1.82.